The van der Waals surface area contributed by atoms with Crippen molar-refractivity contribution in [2.45, 2.75) is 19.0 Å². The van der Waals surface area contributed by atoms with Gasteiger partial charge in [0.15, 0.2) is 0 Å². The molecule has 6 heteroatoms. The number of nitrogens with two attached hydrogens (primary N) is 1. The second-order valence-corrected chi connectivity index (χ2v) is 2.89. The number of halogens is 3. The molecule has 78 valence electrons. The molecule has 1 atom stereocenters. The minimum atomic E-state index is -4.34. The lowest BCUT2D eigenvalue weighted by molar-refractivity contribution is -0.148. The van der Waals surface area contributed by atoms with Gasteiger partial charge >= 0.3 is 6.18 Å². The maximum atomic E-state index is 12.5. The quantitative estimate of drug-likeness (QED) is 0.793. The van der Waals surface area contributed by atoms with Gasteiger partial charge in [0.25, 0.3) is 0 Å². The van der Waals surface area contributed by atoms with E-state index in [1.165, 1.54) is 13.3 Å². The van der Waals surface area contributed by atoms with E-state index in [1.54, 1.807) is 0 Å². The normalized spacial score (nSPS) is 14.1. The molecule has 0 aromatic carbocycles. The van der Waals surface area contributed by atoms with Crippen LogP contribution in [0.2, 0.25) is 0 Å². The molecule has 0 aliphatic rings. The molecule has 3 nitrogen and oxygen atoms in total. The lowest BCUT2D eigenvalue weighted by Crippen LogP contribution is -2.29. The molecule has 0 spiro atoms. The molecule has 0 saturated carbocycles. The number of hydrogen-bond donors (Lipinski definition) is 1. The van der Waals surface area contributed by atoms with Gasteiger partial charge in [0.2, 0.25) is 0 Å². The van der Waals surface area contributed by atoms with Crippen LogP contribution in [0.3, 0.4) is 0 Å². The molecule has 0 aliphatic heterocycles. The van der Waals surface area contributed by atoms with Crippen molar-refractivity contribution in [1.82, 2.24) is 9.97 Å². The third-order valence-corrected chi connectivity index (χ3v) is 1.96. The topological polar surface area (TPSA) is 51.8 Å². The largest absolute Gasteiger partial charge is 0.397 e. The lowest BCUT2D eigenvalue weighted by Gasteiger charge is -2.19. The molecule has 1 heterocycles. The molecule has 0 bridgehead atoms. The molecule has 14 heavy (non-hydrogen) atoms. The van der Waals surface area contributed by atoms with Crippen LogP contribution in [0.4, 0.5) is 13.2 Å². The number of alkyl halides is 3. The van der Waals surface area contributed by atoms with E-state index in [0.717, 1.165) is 6.20 Å². The molecule has 1 aromatic rings. The molecule has 0 aliphatic carbocycles. The van der Waals surface area contributed by atoms with E-state index in [1.807, 2.05) is 0 Å². The van der Waals surface area contributed by atoms with E-state index in [-0.39, 0.29) is 5.56 Å². The highest BCUT2D eigenvalue weighted by molar-refractivity contribution is 5.21. The van der Waals surface area contributed by atoms with Crippen LogP contribution < -0.4 is 5.73 Å². The summed E-state index contributed by atoms with van der Waals surface area (Å²) >= 11 is 0. The molecule has 2 N–H and O–H groups in total. The summed E-state index contributed by atoms with van der Waals surface area (Å²) in [7, 11) is 0. The first-order valence-electron chi connectivity index (χ1n) is 4.00. The first-order valence-corrected chi connectivity index (χ1v) is 4.00. The van der Waals surface area contributed by atoms with Crippen molar-refractivity contribution in [1.29, 1.82) is 0 Å². The molecule has 0 saturated heterocycles. The molecule has 0 radical (unpaired) electrons. The minimum absolute atomic E-state index is 0.0440. The predicted molar refractivity (Wildman–Crippen MR) is 44.6 cm³/mol. The van der Waals surface area contributed by atoms with Crippen molar-refractivity contribution >= 4 is 0 Å². The van der Waals surface area contributed by atoms with Gasteiger partial charge in [-0.05, 0) is 6.92 Å². The fraction of sp³-hybridized carbons (Fsp3) is 0.500. The van der Waals surface area contributed by atoms with Gasteiger partial charge in [-0.3, -0.25) is 0 Å². The Bertz CT molecular complexity index is 311. The third-order valence-electron chi connectivity index (χ3n) is 1.96. The zero-order valence-electron chi connectivity index (χ0n) is 7.54. The number of hydrogen-bond acceptors (Lipinski definition) is 3. The second-order valence-electron chi connectivity index (χ2n) is 2.89. The molecule has 1 unspecified atom stereocenters. The van der Waals surface area contributed by atoms with Gasteiger partial charge in [0.05, 0.1) is 5.92 Å². The highest BCUT2D eigenvalue weighted by Gasteiger charge is 2.40. The van der Waals surface area contributed by atoms with E-state index in [9.17, 15) is 13.2 Å². The van der Waals surface area contributed by atoms with Gasteiger partial charge < -0.3 is 5.73 Å². The van der Waals surface area contributed by atoms with Crippen molar-refractivity contribution in [3.05, 3.63) is 23.8 Å². The highest BCUT2D eigenvalue weighted by atomic mass is 19.4. The van der Waals surface area contributed by atoms with Crippen molar-refractivity contribution in [2.24, 2.45) is 5.73 Å². The standard InChI is InChI=1S/C8H10F3N3/c1-5-6(3-13-4-14-5)7(2-12)8(9,10)11/h3-4,7H,2,12H2,1H3. The van der Waals surface area contributed by atoms with Gasteiger partial charge in [0, 0.05) is 24.0 Å². The van der Waals surface area contributed by atoms with Crippen LogP contribution in [0.5, 0.6) is 0 Å². The van der Waals surface area contributed by atoms with Gasteiger partial charge in [-0.15, -0.1) is 0 Å². The Morgan fingerprint density at radius 3 is 2.57 bits per heavy atom. The summed E-state index contributed by atoms with van der Waals surface area (Å²) in [6.07, 6.45) is -1.97. The number of nitrogens with zero attached hydrogens (tertiary/aromatic N) is 2. The maximum Gasteiger partial charge on any atom is 0.397 e. The predicted octanol–water partition coefficient (Wildman–Crippen LogP) is 1.39. The molecular formula is C8H10F3N3. The average molecular weight is 205 g/mol. The van der Waals surface area contributed by atoms with E-state index in [4.69, 9.17) is 5.73 Å². The van der Waals surface area contributed by atoms with E-state index < -0.39 is 18.6 Å². The molecule has 1 rings (SSSR count). The van der Waals surface area contributed by atoms with E-state index in [2.05, 4.69) is 9.97 Å². The summed E-state index contributed by atoms with van der Waals surface area (Å²) in [5, 5.41) is 0. The van der Waals surface area contributed by atoms with Crippen molar-refractivity contribution < 1.29 is 13.2 Å². The monoisotopic (exact) mass is 205 g/mol. The Morgan fingerprint density at radius 1 is 1.50 bits per heavy atom. The van der Waals surface area contributed by atoms with Gasteiger partial charge in [0.1, 0.15) is 6.33 Å². The van der Waals surface area contributed by atoms with Crippen LogP contribution >= 0.6 is 0 Å². The summed E-state index contributed by atoms with van der Waals surface area (Å²) in [5.74, 6) is -1.68. The first kappa shape index (κ1) is 10.9. The van der Waals surface area contributed by atoms with Crippen LogP contribution in [-0.2, 0) is 0 Å². The maximum absolute atomic E-state index is 12.5. The second kappa shape index (κ2) is 3.91. The Labute approximate surface area is 79.2 Å². The zero-order valence-corrected chi connectivity index (χ0v) is 7.54. The molecular weight excluding hydrogens is 195 g/mol. The summed E-state index contributed by atoms with van der Waals surface area (Å²) < 4.78 is 37.4. The lowest BCUT2D eigenvalue weighted by atomic mass is 9.99. The van der Waals surface area contributed by atoms with E-state index >= 15 is 0 Å². The summed E-state index contributed by atoms with van der Waals surface area (Å²) in [6.45, 7) is 1.02. The number of aromatic nitrogens is 2. The third kappa shape index (κ3) is 2.20. The molecule has 1 aromatic heterocycles. The number of aryl methyl sites for hydroxylation is 1. The molecule has 0 fully saturated rings. The minimum Gasteiger partial charge on any atom is -0.330 e. The average Bonchev–Trinajstić information content (AvgIpc) is 2.07. The van der Waals surface area contributed by atoms with Crippen molar-refractivity contribution in [3.8, 4) is 0 Å². The fourth-order valence-corrected chi connectivity index (χ4v) is 1.18. The smallest absolute Gasteiger partial charge is 0.330 e. The number of rotatable bonds is 2. The Kier molecular flexibility index (Phi) is 3.05. The summed E-state index contributed by atoms with van der Waals surface area (Å²) in [4.78, 5) is 7.26. The molecule has 0 amide bonds. The Balaban J connectivity index is 3.08. The fourth-order valence-electron chi connectivity index (χ4n) is 1.18. The van der Waals surface area contributed by atoms with Crippen molar-refractivity contribution in [3.63, 3.8) is 0 Å². The zero-order chi connectivity index (χ0) is 10.8. The van der Waals surface area contributed by atoms with Crippen LogP contribution in [-0.4, -0.2) is 22.7 Å². The highest BCUT2D eigenvalue weighted by Crippen LogP contribution is 2.34. The van der Waals surface area contributed by atoms with Crippen LogP contribution in [0.25, 0.3) is 0 Å². The van der Waals surface area contributed by atoms with Crippen LogP contribution in [0.15, 0.2) is 12.5 Å². The van der Waals surface area contributed by atoms with Gasteiger partial charge in [-0.25, -0.2) is 9.97 Å². The van der Waals surface area contributed by atoms with Gasteiger partial charge in [-0.2, -0.15) is 13.2 Å². The van der Waals surface area contributed by atoms with Gasteiger partial charge in [-0.1, -0.05) is 0 Å². The van der Waals surface area contributed by atoms with Crippen molar-refractivity contribution in [2.75, 3.05) is 6.54 Å². The Hall–Kier alpha value is -1.17. The summed E-state index contributed by atoms with van der Waals surface area (Å²) in [5.41, 5.74) is 5.44. The first-order chi connectivity index (χ1) is 6.46. The SMILES string of the molecule is Cc1ncncc1C(CN)C(F)(F)F. The Morgan fingerprint density at radius 2 is 2.14 bits per heavy atom. The summed E-state index contributed by atoms with van der Waals surface area (Å²) in [6, 6.07) is 0. The van der Waals surface area contributed by atoms with Crippen LogP contribution in [0, 0.1) is 6.92 Å². The van der Waals surface area contributed by atoms with Crippen LogP contribution in [0.1, 0.15) is 17.2 Å². The van der Waals surface area contributed by atoms with E-state index in [0.29, 0.717) is 5.69 Å².